The van der Waals surface area contributed by atoms with Gasteiger partial charge >= 0.3 is 6.16 Å². The number of ether oxygens (including phenoxy) is 3. The number of amides is 1. The Kier molecular flexibility index (Phi) is 7.82. The van der Waals surface area contributed by atoms with E-state index in [0.29, 0.717) is 23.4 Å². The Hall–Kier alpha value is -2.83. The summed E-state index contributed by atoms with van der Waals surface area (Å²) in [5, 5.41) is 3.62. The molecule has 1 N–H and O–H groups in total. The highest BCUT2D eigenvalue weighted by atomic mass is 35.5. The number of halogens is 1. The average molecular weight is 472 g/mol. The molecule has 1 unspecified atom stereocenters. The highest BCUT2D eigenvalue weighted by molar-refractivity contribution is 6.30. The lowest BCUT2D eigenvalue weighted by molar-refractivity contribution is -0.116. The fraction of sp³-hybridized carbons (Fsp3) is 0.385. The summed E-state index contributed by atoms with van der Waals surface area (Å²) in [4.78, 5) is 25.6. The Bertz CT molecular complexity index is 1050. The summed E-state index contributed by atoms with van der Waals surface area (Å²) < 4.78 is 16.0. The fourth-order valence-electron chi connectivity index (χ4n) is 4.22. The first-order valence-corrected chi connectivity index (χ1v) is 11.5. The molecule has 1 aliphatic rings. The molecular formula is C26H30ClNO5. The molecule has 0 aliphatic carbocycles. The number of carbonyl (C=O) groups is 2. The van der Waals surface area contributed by atoms with Crippen LogP contribution in [-0.2, 0) is 31.8 Å². The normalized spacial score (nSPS) is 17.8. The molecule has 7 heteroatoms. The fourth-order valence-corrected chi connectivity index (χ4v) is 4.34. The van der Waals surface area contributed by atoms with Gasteiger partial charge in [-0.3, -0.25) is 4.79 Å². The zero-order valence-corrected chi connectivity index (χ0v) is 20.5. The first kappa shape index (κ1) is 24.8. The quantitative estimate of drug-likeness (QED) is 0.511. The highest BCUT2D eigenvalue weighted by Gasteiger charge is 2.46. The number of hydrogen-bond donors (Lipinski definition) is 1. The molecule has 1 atom stereocenters. The SMILES string of the molecule is CCOC(=O)OC1=C(c2c(CC)cc(-c3ccc(Cl)cc3)cc2CC)C(=O)NC1(C)COC. The molecule has 3 rings (SSSR count). The average Bonchev–Trinajstić information content (AvgIpc) is 3.02. The predicted molar refractivity (Wildman–Crippen MR) is 129 cm³/mol. The lowest BCUT2D eigenvalue weighted by Crippen LogP contribution is -2.46. The third-order valence-electron chi connectivity index (χ3n) is 5.72. The van der Waals surface area contributed by atoms with Crippen molar-refractivity contribution in [1.82, 2.24) is 5.32 Å². The van der Waals surface area contributed by atoms with Crippen LogP contribution in [0.5, 0.6) is 0 Å². The summed E-state index contributed by atoms with van der Waals surface area (Å²) in [6.45, 7) is 7.86. The molecule has 0 saturated heterocycles. The Morgan fingerprint density at radius 3 is 2.15 bits per heavy atom. The van der Waals surface area contributed by atoms with Gasteiger partial charge in [0.05, 0.1) is 18.8 Å². The van der Waals surface area contributed by atoms with E-state index in [4.69, 9.17) is 25.8 Å². The largest absolute Gasteiger partial charge is 0.513 e. The molecule has 0 aromatic heterocycles. The van der Waals surface area contributed by atoms with Gasteiger partial charge in [-0.15, -0.1) is 0 Å². The summed E-state index contributed by atoms with van der Waals surface area (Å²) in [6, 6.07) is 11.8. The molecule has 1 amide bonds. The van der Waals surface area contributed by atoms with E-state index in [1.165, 1.54) is 7.11 Å². The van der Waals surface area contributed by atoms with Crippen molar-refractivity contribution in [3.05, 3.63) is 63.9 Å². The van der Waals surface area contributed by atoms with Crippen LogP contribution in [0.25, 0.3) is 16.7 Å². The molecule has 33 heavy (non-hydrogen) atoms. The summed E-state index contributed by atoms with van der Waals surface area (Å²) in [5.41, 5.74) is 4.17. The monoisotopic (exact) mass is 471 g/mol. The van der Waals surface area contributed by atoms with Gasteiger partial charge in [0.2, 0.25) is 0 Å². The molecule has 2 aromatic carbocycles. The van der Waals surface area contributed by atoms with Crippen LogP contribution < -0.4 is 5.32 Å². The van der Waals surface area contributed by atoms with Crippen LogP contribution in [-0.4, -0.2) is 37.9 Å². The first-order chi connectivity index (χ1) is 15.8. The van der Waals surface area contributed by atoms with E-state index < -0.39 is 11.7 Å². The maximum atomic E-state index is 13.3. The third kappa shape index (κ3) is 5.07. The van der Waals surface area contributed by atoms with Crippen LogP contribution in [0.1, 0.15) is 44.4 Å². The summed E-state index contributed by atoms with van der Waals surface area (Å²) >= 11 is 6.06. The van der Waals surface area contributed by atoms with Crippen LogP contribution in [0.2, 0.25) is 5.02 Å². The van der Waals surface area contributed by atoms with Crippen molar-refractivity contribution < 1.29 is 23.8 Å². The molecular weight excluding hydrogens is 442 g/mol. The van der Waals surface area contributed by atoms with Crippen molar-refractivity contribution in [3.63, 3.8) is 0 Å². The van der Waals surface area contributed by atoms with Crippen molar-refractivity contribution in [3.8, 4) is 11.1 Å². The topological polar surface area (TPSA) is 73.9 Å². The molecule has 176 valence electrons. The van der Waals surface area contributed by atoms with Gasteiger partial charge in [-0.2, -0.15) is 0 Å². The van der Waals surface area contributed by atoms with Gasteiger partial charge in [0.25, 0.3) is 5.91 Å². The summed E-state index contributed by atoms with van der Waals surface area (Å²) in [6.07, 6.45) is 0.528. The first-order valence-electron chi connectivity index (χ1n) is 11.1. The van der Waals surface area contributed by atoms with E-state index in [-0.39, 0.29) is 24.9 Å². The zero-order valence-electron chi connectivity index (χ0n) is 19.7. The Balaban J connectivity index is 2.24. The molecule has 1 heterocycles. The molecule has 1 aliphatic heterocycles. The minimum Gasteiger partial charge on any atom is -0.434 e. The van der Waals surface area contributed by atoms with Gasteiger partial charge in [-0.25, -0.2) is 4.79 Å². The Labute approximate surface area is 199 Å². The van der Waals surface area contributed by atoms with Crippen LogP contribution in [0.4, 0.5) is 4.79 Å². The molecule has 2 aromatic rings. The number of aryl methyl sites for hydroxylation is 2. The second-order valence-electron chi connectivity index (χ2n) is 8.09. The zero-order chi connectivity index (χ0) is 24.2. The van der Waals surface area contributed by atoms with Crippen molar-refractivity contribution >= 4 is 29.2 Å². The van der Waals surface area contributed by atoms with E-state index in [0.717, 1.165) is 27.8 Å². The summed E-state index contributed by atoms with van der Waals surface area (Å²) in [5.74, 6) is -0.0889. The van der Waals surface area contributed by atoms with E-state index >= 15 is 0 Å². The van der Waals surface area contributed by atoms with Gasteiger partial charge in [-0.05, 0) is 66.6 Å². The lowest BCUT2D eigenvalue weighted by atomic mass is 9.86. The van der Waals surface area contributed by atoms with Gasteiger partial charge < -0.3 is 19.5 Å². The van der Waals surface area contributed by atoms with Gasteiger partial charge in [0.1, 0.15) is 5.54 Å². The smallest absolute Gasteiger partial charge is 0.434 e. The molecule has 0 saturated carbocycles. The number of hydrogen-bond acceptors (Lipinski definition) is 5. The van der Waals surface area contributed by atoms with E-state index in [1.54, 1.807) is 13.8 Å². The highest BCUT2D eigenvalue weighted by Crippen LogP contribution is 2.39. The van der Waals surface area contributed by atoms with Crippen molar-refractivity contribution in [2.45, 2.75) is 46.1 Å². The lowest BCUT2D eigenvalue weighted by Gasteiger charge is -2.26. The number of nitrogens with one attached hydrogen (secondary N) is 1. The second kappa shape index (κ2) is 10.4. The maximum Gasteiger partial charge on any atom is 0.513 e. The number of rotatable bonds is 8. The molecule has 0 radical (unpaired) electrons. The number of benzene rings is 2. The van der Waals surface area contributed by atoms with E-state index in [2.05, 4.69) is 17.4 Å². The van der Waals surface area contributed by atoms with Crippen LogP contribution in [0.15, 0.2) is 42.2 Å². The van der Waals surface area contributed by atoms with Gasteiger partial charge in [0.15, 0.2) is 5.76 Å². The van der Waals surface area contributed by atoms with E-state index in [1.807, 2.05) is 38.1 Å². The number of carbonyl (C=O) groups excluding carboxylic acids is 2. The van der Waals surface area contributed by atoms with Gasteiger partial charge in [-0.1, -0.05) is 49.7 Å². The van der Waals surface area contributed by atoms with E-state index in [9.17, 15) is 9.59 Å². The standard InChI is InChI=1S/C26H30ClNO5/c1-6-16-13-19(18-9-11-20(27)12-10-18)14-17(7-2)21(16)22-23(33-25(30)32-8-3)26(4,15-31-5)28-24(22)29/h9-14H,6-8,15H2,1-5H3,(H,28,29). The second-order valence-corrected chi connectivity index (χ2v) is 8.53. The number of methoxy groups -OCH3 is 1. The van der Waals surface area contributed by atoms with Crippen LogP contribution >= 0.6 is 11.6 Å². The molecule has 0 bridgehead atoms. The third-order valence-corrected chi connectivity index (χ3v) is 5.97. The molecule has 0 spiro atoms. The van der Waals surface area contributed by atoms with Crippen molar-refractivity contribution in [1.29, 1.82) is 0 Å². The van der Waals surface area contributed by atoms with Gasteiger partial charge in [0, 0.05) is 12.1 Å². The predicted octanol–water partition coefficient (Wildman–Crippen LogP) is 5.55. The van der Waals surface area contributed by atoms with Crippen LogP contribution in [0, 0.1) is 0 Å². The minimum absolute atomic E-state index is 0.142. The van der Waals surface area contributed by atoms with Crippen molar-refractivity contribution in [2.75, 3.05) is 20.3 Å². The maximum absolute atomic E-state index is 13.3. The Morgan fingerprint density at radius 1 is 1.03 bits per heavy atom. The van der Waals surface area contributed by atoms with Crippen molar-refractivity contribution in [2.24, 2.45) is 0 Å². The molecule has 6 nitrogen and oxygen atoms in total. The summed E-state index contributed by atoms with van der Waals surface area (Å²) in [7, 11) is 1.53. The Morgan fingerprint density at radius 2 is 1.64 bits per heavy atom. The minimum atomic E-state index is -1.00. The van der Waals surface area contributed by atoms with Crippen LogP contribution in [0.3, 0.4) is 0 Å². The molecule has 0 fully saturated rings.